The summed E-state index contributed by atoms with van der Waals surface area (Å²) in [6.45, 7) is 5.40. The summed E-state index contributed by atoms with van der Waals surface area (Å²) in [6.07, 6.45) is 5.28. The van der Waals surface area contributed by atoms with Crippen LogP contribution in [0.1, 0.15) is 19.3 Å². The highest BCUT2D eigenvalue weighted by Gasteiger charge is 2.23. The molecule has 0 saturated carbocycles. The molecule has 0 spiro atoms. The Kier molecular flexibility index (Phi) is 4.77. The standard InChI is InChI=1S/C19H25FN6/c20-15-4-6-16(7-5-15)24-10-12-26(13-11-24)19-17(21)18(22-14-23-19)25-8-2-1-3-9-25/h4-7,14H,1-3,8-13,21H2. The maximum Gasteiger partial charge on any atom is 0.157 e. The minimum absolute atomic E-state index is 0.202. The first-order chi connectivity index (χ1) is 12.7. The van der Waals surface area contributed by atoms with E-state index in [0.29, 0.717) is 5.69 Å². The molecule has 1 aromatic heterocycles. The van der Waals surface area contributed by atoms with Gasteiger partial charge in [-0.3, -0.25) is 0 Å². The maximum absolute atomic E-state index is 13.1. The molecule has 6 nitrogen and oxygen atoms in total. The highest BCUT2D eigenvalue weighted by atomic mass is 19.1. The molecule has 0 radical (unpaired) electrons. The van der Waals surface area contributed by atoms with Crippen molar-refractivity contribution < 1.29 is 4.39 Å². The largest absolute Gasteiger partial charge is 0.393 e. The van der Waals surface area contributed by atoms with Crippen molar-refractivity contribution in [3.63, 3.8) is 0 Å². The average molecular weight is 356 g/mol. The van der Waals surface area contributed by atoms with E-state index in [1.807, 2.05) is 12.1 Å². The van der Waals surface area contributed by atoms with Gasteiger partial charge in [-0.05, 0) is 43.5 Å². The molecular formula is C19H25FN6. The summed E-state index contributed by atoms with van der Waals surface area (Å²) in [4.78, 5) is 15.7. The second-order valence-electron chi connectivity index (χ2n) is 6.93. The number of hydrogen-bond donors (Lipinski definition) is 1. The fourth-order valence-electron chi connectivity index (χ4n) is 3.82. The van der Waals surface area contributed by atoms with Crippen LogP contribution in [-0.2, 0) is 0 Å². The van der Waals surface area contributed by atoms with Crippen LogP contribution in [0.2, 0.25) is 0 Å². The molecule has 0 atom stereocenters. The van der Waals surface area contributed by atoms with Crippen molar-refractivity contribution in [2.24, 2.45) is 0 Å². The second-order valence-corrected chi connectivity index (χ2v) is 6.93. The smallest absolute Gasteiger partial charge is 0.157 e. The molecule has 0 aliphatic carbocycles. The van der Waals surface area contributed by atoms with Gasteiger partial charge in [0.15, 0.2) is 11.6 Å². The molecule has 138 valence electrons. The molecule has 26 heavy (non-hydrogen) atoms. The highest BCUT2D eigenvalue weighted by Crippen LogP contribution is 2.31. The van der Waals surface area contributed by atoms with Crippen LogP contribution in [0.4, 0.5) is 27.4 Å². The van der Waals surface area contributed by atoms with Gasteiger partial charge < -0.3 is 20.4 Å². The summed E-state index contributed by atoms with van der Waals surface area (Å²) >= 11 is 0. The van der Waals surface area contributed by atoms with Crippen molar-refractivity contribution in [1.82, 2.24) is 9.97 Å². The number of nitrogen functional groups attached to an aromatic ring is 1. The minimum Gasteiger partial charge on any atom is -0.393 e. The molecule has 7 heteroatoms. The third-order valence-corrected chi connectivity index (χ3v) is 5.27. The van der Waals surface area contributed by atoms with E-state index in [0.717, 1.165) is 56.6 Å². The number of piperazine rings is 1. The van der Waals surface area contributed by atoms with Crippen molar-refractivity contribution in [3.05, 3.63) is 36.4 Å². The van der Waals surface area contributed by atoms with E-state index in [-0.39, 0.29) is 5.82 Å². The summed E-state index contributed by atoms with van der Waals surface area (Å²) in [5.41, 5.74) is 8.18. The minimum atomic E-state index is -0.202. The average Bonchev–Trinajstić information content (AvgIpc) is 2.70. The highest BCUT2D eigenvalue weighted by molar-refractivity contribution is 5.76. The molecule has 2 aliphatic rings. The van der Waals surface area contributed by atoms with Crippen molar-refractivity contribution >= 4 is 23.0 Å². The zero-order valence-corrected chi connectivity index (χ0v) is 14.9. The van der Waals surface area contributed by atoms with Gasteiger partial charge in [-0.2, -0.15) is 0 Å². The molecule has 0 amide bonds. The Morgan fingerprint density at radius 2 is 1.27 bits per heavy atom. The van der Waals surface area contributed by atoms with Crippen LogP contribution in [0.15, 0.2) is 30.6 Å². The van der Waals surface area contributed by atoms with E-state index in [2.05, 4.69) is 24.7 Å². The first-order valence-corrected chi connectivity index (χ1v) is 9.33. The number of anilines is 4. The molecule has 2 fully saturated rings. The van der Waals surface area contributed by atoms with Gasteiger partial charge in [0.1, 0.15) is 17.8 Å². The van der Waals surface area contributed by atoms with Crippen molar-refractivity contribution in [2.45, 2.75) is 19.3 Å². The number of nitrogens with two attached hydrogens (primary N) is 1. The number of benzene rings is 1. The predicted molar refractivity (Wildman–Crippen MR) is 103 cm³/mol. The number of rotatable bonds is 3. The Balaban J connectivity index is 1.46. The summed E-state index contributed by atoms with van der Waals surface area (Å²) in [6, 6.07) is 6.68. The van der Waals surface area contributed by atoms with Gasteiger partial charge in [0, 0.05) is 45.0 Å². The Morgan fingerprint density at radius 3 is 1.88 bits per heavy atom. The molecule has 3 heterocycles. The van der Waals surface area contributed by atoms with Crippen LogP contribution in [-0.4, -0.2) is 49.2 Å². The van der Waals surface area contributed by atoms with E-state index in [1.165, 1.54) is 31.4 Å². The number of halogens is 1. The molecule has 1 aromatic carbocycles. The molecule has 2 N–H and O–H groups in total. The zero-order chi connectivity index (χ0) is 17.9. The summed E-state index contributed by atoms with van der Waals surface area (Å²) in [7, 11) is 0. The van der Waals surface area contributed by atoms with E-state index >= 15 is 0 Å². The van der Waals surface area contributed by atoms with Crippen molar-refractivity contribution in [1.29, 1.82) is 0 Å². The quantitative estimate of drug-likeness (QED) is 0.912. The van der Waals surface area contributed by atoms with Crippen LogP contribution in [0, 0.1) is 5.82 Å². The van der Waals surface area contributed by atoms with Gasteiger partial charge >= 0.3 is 0 Å². The fraction of sp³-hybridized carbons (Fsp3) is 0.474. The summed E-state index contributed by atoms with van der Waals surface area (Å²) in [5, 5.41) is 0. The summed E-state index contributed by atoms with van der Waals surface area (Å²) < 4.78 is 13.1. The first kappa shape index (κ1) is 16.9. The molecule has 2 saturated heterocycles. The fourth-order valence-corrected chi connectivity index (χ4v) is 3.82. The van der Waals surface area contributed by atoms with Gasteiger partial charge in [-0.1, -0.05) is 0 Å². The Hall–Kier alpha value is -2.57. The number of hydrogen-bond acceptors (Lipinski definition) is 6. The van der Waals surface area contributed by atoms with Crippen molar-refractivity contribution in [3.8, 4) is 0 Å². The molecule has 2 aliphatic heterocycles. The van der Waals surface area contributed by atoms with Crippen LogP contribution in [0.3, 0.4) is 0 Å². The number of piperidine rings is 1. The predicted octanol–water partition coefficient (Wildman–Crippen LogP) is 2.51. The number of nitrogens with zero attached hydrogens (tertiary/aromatic N) is 5. The Labute approximate surface area is 153 Å². The maximum atomic E-state index is 13.1. The first-order valence-electron chi connectivity index (χ1n) is 9.33. The normalized spacial score (nSPS) is 18.3. The van der Waals surface area contributed by atoms with Crippen LogP contribution < -0.4 is 20.4 Å². The summed E-state index contributed by atoms with van der Waals surface area (Å²) in [5.74, 6) is 1.50. The molecule has 0 bridgehead atoms. The molecule has 0 unspecified atom stereocenters. The van der Waals surface area contributed by atoms with Gasteiger partial charge in [-0.25, -0.2) is 14.4 Å². The van der Waals surface area contributed by atoms with E-state index < -0.39 is 0 Å². The Bertz CT molecular complexity index is 736. The number of aromatic nitrogens is 2. The third kappa shape index (κ3) is 3.38. The lowest BCUT2D eigenvalue weighted by atomic mass is 10.1. The monoisotopic (exact) mass is 356 g/mol. The molecule has 4 rings (SSSR count). The lowest BCUT2D eigenvalue weighted by molar-refractivity contribution is 0.573. The third-order valence-electron chi connectivity index (χ3n) is 5.27. The molecular weight excluding hydrogens is 331 g/mol. The van der Waals surface area contributed by atoms with Crippen LogP contribution in [0.5, 0.6) is 0 Å². The van der Waals surface area contributed by atoms with Gasteiger partial charge in [0.05, 0.1) is 0 Å². The lowest BCUT2D eigenvalue weighted by Crippen LogP contribution is -2.47. The second kappa shape index (κ2) is 7.35. The topological polar surface area (TPSA) is 61.5 Å². The van der Waals surface area contributed by atoms with E-state index in [1.54, 1.807) is 6.33 Å². The van der Waals surface area contributed by atoms with Crippen LogP contribution >= 0.6 is 0 Å². The van der Waals surface area contributed by atoms with Crippen LogP contribution in [0.25, 0.3) is 0 Å². The van der Waals surface area contributed by atoms with Gasteiger partial charge in [-0.15, -0.1) is 0 Å². The zero-order valence-electron chi connectivity index (χ0n) is 14.9. The Morgan fingerprint density at radius 1 is 0.731 bits per heavy atom. The SMILES string of the molecule is Nc1c(N2CCCCC2)ncnc1N1CCN(c2ccc(F)cc2)CC1. The molecule has 2 aromatic rings. The van der Waals surface area contributed by atoms with Gasteiger partial charge in [0.25, 0.3) is 0 Å². The van der Waals surface area contributed by atoms with Gasteiger partial charge in [0.2, 0.25) is 0 Å². The van der Waals surface area contributed by atoms with E-state index in [9.17, 15) is 4.39 Å². The van der Waals surface area contributed by atoms with Crippen molar-refractivity contribution in [2.75, 3.05) is 59.7 Å². The lowest BCUT2D eigenvalue weighted by Gasteiger charge is -2.37. The van der Waals surface area contributed by atoms with E-state index in [4.69, 9.17) is 5.73 Å².